The number of benzene rings is 1. The summed E-state index contributed by atoms with van der Waals surface area (Å²) in [5.41, 5.74) is 5.92. The highest BCUT2D eigenvalue weighted by atomic mass is 32.2. The van der Waals surface area contributed by atoms with E-state index in [1.165, 1.54) is 0 Å². The Morgan fingerprint density at radius 1 is 1.29 bits per heavy atom. The van der Waals surface area contributed by atoms with Crippen molar-refractivity contribution in [2.24, 2.45) is 0 Å². The summed E-state index contributed by atoms with van der Waals surface area (Å²) in [4.78, 5) is 0. The van der Waals surface area contributed by atoms with E-state index in [0.717, 1.165) is 12.1 Å². The molecule has 0 radical (unpaired) electrons. The number of ether oxygens (including phenoxy) is 1. The Bertz CT molecular complexity index is 608. The second-order valence-electron chi connectivity index (χ2n) is 4.82. The fourth-order valence-corrected chi connectivity index (χ4v) is 3.63. The molecule has 0 bridgehead atoms. The van der Waals surface area contributed by atoms with Crippen LogP contribution >= 0.6 is 0 Å². The molecule has 0 unspecified atom stereocenters. The molecule has 118 valence electrons. The highest BCUT2D eigenvalue weighted by Crippen LogP contribution is 2.31. The van der Waals surface area contributed by atoms with E-state index in [4.69, 9.17) is 5.73 Å². The maximum atomic E-state index is 13.4. The minimum atomic E-state index is -3.14. The molecule has 1 aliphatic heterocycles. The van der Waals surface area contributed by atoms with E-state index in [-0.39, 0.29) is 28.9 Å². The molecular weight excluding hydrogens is 309 g/mol. The van der Waals surface area contributed by atoms with E-state index >= 15 is 0 Å². The van der Waals surface area contributed by atoms with Crippen LogP contribution in [0.4, 0.5) is 24.5 Å². The molecule has 2 rings (SSSR count). The fourth-order valence-electron chi connectivity index (χ4n) is 2.13. The monoisotopic (exact) mass is 324 g/mol. The van der Waals surface area contributed by atoms with Crippen LogP contribution < -0.4 is 15.8 Å². The third-order valence-electron chi connectivity index (χ3n) is 3.23. The number of halogens is 3. The van der Waals surface area contributed by atoms with Gasteiger partial charge in [0.1, 0.15) is 9.84 Å². The van der Waals surface area contributed by atoms with Gasteiger partial charge in [0.2, 0.25) is 0 Å². The maximum absolute atomic E-state index is 13.4. The van der Waals surface area contributed by atoms with Crippen LogP contribution in [0.2, 0.25) is 0 Å². The molecule has 21 heavy (non-hydrogen) atoms. The smallest absolute Gasteiger partial charge is 0.387 e. The van der Waals surface area contributed by atoms with Gasteiger partial charge in [-0.2, -0.15) is 8.78 Å². The third kappa shape index (κ3) is 4.16. The number of rotatable bonds is 4. The summed E-state index contributed by atoms with van der Waals surface area (Å²) in [5.74, 6) is -1.49. The van der Waals surface area contributed by atoms with E-state index in [0.29, 0.717) is 12.8 Å². The Balaban J connectivity index is 2.12. The Hall–Kier alpha value is -1.64. The average molecular weight is 324 g/mol. The van der Waals surface area contributed by atoms with Crippen LogP contribution in [0.5, 0.6) is 5.75 Å². The van der Waals surface area contributed by atoms with Crippen molar-refractivity contribution in [3.63, 3.8) is 0 Å². The van der Waals surface area contributed by atoms with Gasteiger partial charge in [-0.1, -0.05) is 0 Å². The van der Waals surface area contributed by atoms with Crippen LogP contribution in [0.3, 0.4) is 0 Å². The van der Waals surface area contributed by atoms with Gasteiger partial charge in [0.05, 0.1) is 22.9 Å². The first kappa shape index (κ1) is 15.7. The largest absolute Gasteiger partial charge is 0.432 e. The lowest BCUT2D eigenvalue weighted by atomic mass is 10.1. The molecule has 9 heteroatoms. The molecule has 5 nitrogen and oxygen atoms in total. The lowest BCUT2D eigenvalue weighted by Gasteiger charge is -2.25. The molecule has 1 aliphatic rings. The van der Waals surface area contributed by atoms with Crippen LogP contribution in [-0.4, -0.2) is 32.6 Å². The summed E-state index contributed by atoms with van der Waals surface area (Å²) >= 11 is 0. The van der Waals surface area contributed by atoms with E-state index < -0.39 is 28.0 Å². The molecule has 1 aromatic carbocycles. The van der Waals surface area contributed by atoms with E-state index in [1.807, 2.05) is 0 Å². The molecule has 0 amide bonds. The van der Waals surface area contributed by atoms with E-state index in [1.54, 1.807) is 0 Å². The van der Waals surface area contributed by atoms with Gasteiger partial charge >= 0.3 is 6.61 Å². The van der Waals surface area contributed by atoms with Gasteiger partial charge in [-0.25, -0.2) is 12.8 Å². The van der Waals surface area contributed by atoms with Gasteiger partial charge < -0.3 is 15.8 Å². The molecule has 1 heterocycles. The van der Waals surface area contributed by atoms with Gasteiger partial charge in [0.15, 0.2) is 11.6 Å². The Labute approximate surface area is 120 Å². The topological polar surface area (TPSA) is 81.4 Å². The van der Waals surface area contributed by atoms with Crippen molar-refractivity contribution in [3.05, 3.63) is 17.9 Å². The van der Waals surface area contributed by atoms with Crippen molar-refractivity contribution in [2.45, 2.75) is 25.5 Å². The first-order chi connectivity index (χ1) is 9.77. The molecule has 0 atom stereocenters. The first-order valence-corrected chi connectivity index (χ1v) is 8.10. The third-order valence-corrected chi connectivity index (χ3v) is 4.95. The summed E-state index contributed by atoms with van der Waals surface area (Å²) in [6, 6.07) is 1.78. The highest BCUT2D eigenvalue weighted by molar-refractivity contribution is 7.91. The summed E-state index contributed by atoms with van der Waals surface area (Å²) in [6.07, 6.45) is 0.758. The summed E-state index contributed by atoms with van der Waals surface area (Å²) in [6.45, 7) is -3.14. The number of sulfone groups is 1. The molecule has 0 saturated carbocycles. The number of anilines is 2. The van der Waals surface area contributed by atoms with Gasteiger partial charge in [-0.15, -0.1) is 0 Å². The predicted molar refractivity (Wildman–Crippen MR) is 72.7 cm³/mol. The second kappa shape index (κ2) is 6.00. The standard InChI is InChI=1S/C12H15F3N2O3S/c13-8-5-9(16)10(6-11(8)20-12(14)15)17-7-1-3-21(18,19)4-2-7/h5-7,12,17H,1-4,16H2. The lowest BCUT2D eigenvalue weighted by molar-refractivity contribution is -0.0521. The number of hydrogen-bond acceptors (Lipinski definition) is 5. The average Bonchev–Trinajstić information content (AvgIpc) is 2.37. The zero-order chi connectivity index (χ0) is 15.6. The molecule has 3 N–H and O–H groups in total. The SMILES string of the molecule is Nc1cc(F)c(OC(F)F)cc1NC1CCS(=O)(=O)CC1. The molecule has 1 aromatic rings. The zero-order valence-electron chi connectivity index (χ0n) is 11.0. The highest BCUT2D eigenvalue weighted by Gasteiger charge is 2.24. The summed E-state index contributed by atoms with van der Waals surface area (Å²) in [5, 5.41) is 2.95. The van der Waals surface area contributed by atoms with Crippen LogP contribution in [0.1, 0.15) is 12.8 Å². The molecule has 0 aliphatic carbocycles. The quantitative estimate of drug-likeness (QED) is 0.828. The van der Waals surface area contributed by atoms with Crippen molar-refractivity contribution >= 4 is 21.2 Å². The normalized spacial score (nSPS) is 18.7. The van der Waals surface area contributed by atoms with Crippen molar-refractivity contribution in [2.75, 3.05) is 22.6 Å². The molecular formula is C12H15F3N2O3S. The van der Waals surface area contributed by atoms with Crippen LogP contribution in [0.15, 0.2) is 12.1 Å². The van der Waals surface area contributed by atoms with Gasteiger partial charge in [0.25, 0.3) is 0 Å². The fraction of sp³-hybridized carbons (Fsp3) is 0.500. The van der Waals surface area contributed by atoms with Crippen LogP contribution in [0, 0.1) is 5.82 Å². The van der Waals surface area contributed by atoms with Gasteiger partial charge in [0, 0.05) is 18.2 Å². The zero-order valence-corrected chi connectivity index (χ0v) is 11.8. The first-order valence-electron chi connectivity index (χ1n) is 6.27. The summed E-state index contributed by atoms with van der Waals surface area (Å²) < 4.78 is 64.5. The Kier molecular flexibility index (Phi) is 4.50. The van der Waals surface area contributed by atoms with Crippen molar-refractivity contribution in [1.29, 1.82) is 0 Å². The van der Waals surface area contributed by atoms with Crippen molar-refractivity contribution in [3.8, 4) is 5.75 Å². The van der Waals surface area contributed by atoms with Crippen molar-refractivity contribution < 1.29 is 26.3 Å². The molecule has 0 aromatic heterocycles. The Morgan fingerprint density at radius 3 is 2.48 bits per heavy atom. The summed E-state index contributed by atoms with van der Waals surface area (Å²) in [7, 11) is -3.00. The van der Waals surface area contributed by atoms with Gasteiger partial charge in [-0.05, 0) is 12.8 Å². The minimum Gasteiger partial charge on any atom is -0.432 e. The number of nitrogen functional groups attached to an aromatic ring is 1. The van der Waals surface area contributed by atoms with Crippen LogP contribution in [-0.2, 0) is 9.84 Å². The number of alkyl halides is 2. The molecule has 1 fully saturated rings. The number of nitrogens with one attached hydrogen (secondary N) is 1. The Morgan fingerprint density at radius 2 is 1.90 bits per heavy atom. The number of nitrogens with two attached hydrogens (primary N) is 1. The van der Waals surface area contributed by atoms with E-state index in [2.05, 4.69) is 10.1 Å². The van der Waals surface area contributed by atoms with Crippen LogP contribution in [0.25, 0.3) is 0 Å². The lowest BCUT2D eigenvalue weighted by Crippen LogP contribution is -2.32. The van der Waals surface area contributed by atoms with Gasteiger partial charge in [-0.3, -0.25) is 0 Å². The van der Waals surface area contributed by atoms with E-state index in [9.17, 15) is 21.6 Å². The molecule has 0 spiro atoms. The number of hydrogen-bond donors (Lipinski definition) is 2. The second-order valence-corrected chi connectivity index (χ2v) is 7.12. The maximum Gasteiger partial charge on any atom is 0.387 e. The minimum absolute atomic E-state index is 0.0440. The van der Waals surface area contributed by atoms with Crippen molar-refractivity contribution in [1.82, 2.24) is 0 Å². The predicted octanol–water partition coefficient (Wildman–Crippen LogP) is 2.00. The molecule has 1 saturated heterocycles.